The topological polar surface area (TPSA) is 29.1 Å². The molecule has 1 aliphatic heterocycles. The largest absolute Gasteiger partial charge is 0.378 e. The lowest BCUT2D eigenvalue weighted by Gasteiger charge is -2.38. The quantitative estimate of drug-likeness (QED) is 0.640. The molecule has 0 aromatic heterocycles. The van der Waals surface area contributed by atoms with E-state index in [0.717, 1.165) is 17.7 Å². The van der Waals surface area contributed by atoms with Crippen molar-refractivity contribution < 1.29 is 4.79 Å². The van der Waals surface area contributed by atoms with Gasteiger partial charge in [-0.1, -0.05) is 54.6 Å². The third-order valence-electron chi connectivity index (χ3n) is 4.93. The smallest absolute Gasteiger partial charge is 0.160 e. The van der Waals surface area contributed by atoms with Crippen molar-refractivity contribution in [3.8, 4) is 0 Å². The summed E-state index contributed by atoms with van der Waals surface area (Å²) in [5.41, 5.74) is 4.47. The van der Waals surface area contributed by atoms with Crippen LogP contribution in [0.25, 0.3) is 0 Å². The SMILES string of the molecule is CC(=O)c1cccc2c1[C@H]1C=CC[C@H]1[C@@H](c1ccccc1)N2. The van der Waals surface area contributed by atoms with Gasteiger partial charge in [-0.05, 0) is 36.5 Å². The predicted molar refractivity (Wildman–Crippen MR) is 89.2 cm³/mol. The number of Topliss-reactive ketones (excluding diaryl/α,β-unsaturated/α-hetero) is 1. The van der Waals surface area contributed by atoms with Gasteiger partial charge in [-0.15, -0.1) is 0 Å². The summed E-state index contributed by atoms with van der Waals surface area (Å²) in [6.45, 7) is 1.66. The predicted octanol–water partition coefficient (Wildman–Crippen LogP) is 4.72. The van der Waals surface area contributed by atoms with Crippen molar-refractivity contribution in [2.75, 3.05) is 5.32 Å². The Hall–Kier alpha value is -2.35. The fourth-order valence-electron chi connectivity index (χ4n) is 3.95. The molecule has 0 radical (unpaired) electrons. The van der Waals surface area contributed by atoms with Crippen molar-refractivity contribution in [1.82, 2.24) is 0 Å². The molecule has 0 fully saturated rings. The number of allylic oxidation sites excluding steroid dienone is 2. The lowest BCUT2D eigenvalue weighted by Crippen LogP contribution is -2.30. The van der Waals surface area contributed by atoms with Crippen molar-refractivity contribution in [2.24, 2.45) is 5.92 Å². The van der Waals surface area contributed by atoms with Crippen molar-refractivity contribution in [3.63, 3.8) is 0 Å². The molecule has 2 heteroatoms. The molecule has 0 saturated heterocycles. The molecular formula is C20H19NO. The number of anilines is 1. The maximum absolute atomic E-state index is 12.0. The third-order valence-corrected chi connectivity index (χ3v) is 4.93. The maximum atomic E-state index is 12.0. The number of hydrogen-bond acceptors (Lipinski definition) is 2. The van der Waals surface area contributed by atoms with Crippen LogP contribution in [0.1, 0.15) is 46.8 Å². The Labute approximate surface area is 130 Å². The molecule has 1 heterocycles. The Kier molecular flexibility index (Phi) is 3.11. The first kappa shape index (κ1) is 13.3. The Morgan fingerprint density at radius 3 is 2.68 bits per heavy atom. The van der Waals surface area contributed by atoms with Gasteiger partial charge in [0.2, 0.25) is 0 Å². The number of carbonyl (C=O) groups is 1. The minimum absolute atomic E-state index is 0.149. The molecule has 2 aromatic rings. The summed E-state index contributed by atoms with van der Waals surface area (Å²) in [5.74, 6) is 0.966. The van der Waals surface area contributed by atoms with E-state index < -0.39 is 0 Å². The van der Waals surface area contributed by atoms with Gasteiger partial charge < -0.3 is 5.32 Å². The van der Waals surface area contributed by atoms with Crippen LogP contribution in [-0.4, -0.2) is 5.78 Å². The van der Waals surface area contributed by atoms with Gasteiger partial charge in [0.1, 0.15) is 0 Å². The number of benzene rings is 2. The zero-order chi connectivity index (χ0) is 15.1. The number of nitrogens with one attached hydrogen (secondary N) is 1. The van der Waals surface area contributed by atoms with E-state index in [4.69, 9.17) is 0 Å². The van der Waals surface area contributed by atoms with E-state index in [0.29, 0.717) is 17.9 Å². The van der Waals surface area contributed by atoms with E-state index >= 15 is 0 Å². The van der Waals surface area contributed by atoms with Crippen molar-refractivity contribution in [2.45, 2.75) is 25.3 Å². The first-order valence-electron chi connectivity index (χ1n) is 7.87. The van der Waals surface area contributed by atoms with Crippen molar-refractivity contribution in [3.05, 3.63) is 77.4 Å². The van der Waals surface area contributed by atoms with Gasteiger partial charge in [0.05, 0.1) is 6.04 Å². The summed E-state index contributed by atoms with van der Waals surface area (Å²) >= 11 is 0. The second-order valence-corrected chi connectivity index (χ2v) is 6.21. The second-order valence-electron chi connectivity index (χ2n) is 6.21. The van der Waals surface area contributed by atoms with E-state index in [9.17, 15) is 4.79 Å². The van der Waals surface area contributed by atoms with Crippen LogP contribution >= 0.6 is 0 Å². The Morgan fingerprint density at radius 2 is 1.91 bits per heavy atom. The fourth-order valence-corrected chi connectivity index (χ4v) is 3.95. The summed E-state index contributed by atoms with van der Waals surface area (Å²) in [6.07, 6.45) is 5.61. The zero-order valence-corrected chi connectivity index (χ0v) is 12.6. The number of ketones is 1. The van der Waals surface area contributed by atoms with Crippen LogP contribution in [0.3, 0.4) is 0 Å². The van der Waals surface area contributed by atoms with Gasteiger partial charge >= 0.3 is 0 Å². The number of carbonyl (C=O) groups excluding carboxylic acids is 1. The molecule has 2 aliphatic rings. The molecule has 0 saturated carbocycles. The van der Waals surface area contributed by atoms with E-state index in [1.54, 1.807) is 6.92 Å². The summed E-state index contributed by atoms with van der Waals surface area (Å²) in [6, 6.07) is 16.9. The highest BCUT2D eigenvalue weighted by Gasteiger charge is 2.39. The molecule has 0 spiro atoms. The van der Waals surface area contributed by atoms with Crippen molar-refractivity contribution >= 4 is 11.5 Å². The average Bonchev–Trinajstić information content (AvgIpc) is 3.04. The number of rotatable bonds is 2. The lowest BCUT2D eigenvalue weighted by molar-refractivity contribution is 0.101. The molecule has 1 N–H and O–H groups in total. The summed E-state index contributed by atoms with van der Waals surface area (Å²) in [7, 11) is 0. The van der Waals surface area contributed by atoms with Gasteiger partial charge in [0.15, 0.2) is 5.78 Å². The fraction of sp³-hybridized carbons (Fsp3) is 0.250. The van der Waals surface area contributed by atoms with E-state index in [2.05, 4.69) is 53.9 Å². The summed E-state index contributed by atoms with van der Waals surface area (Å²) in [4.78, 5) is 12.0. The van der Waals surface area contributed by atoms with Gasteiger partial charge in [-0.25, -0.2) is 0 Å². The Morgan fingerprint density at radius 1 is 1.09 bits per heavy atom. The molecular weight excluding hydrogens is 270 g/mol. The minimum atomic E-state index is 0.149. The van der Waals surface area contributed by atoms with E-state index in [1.165, 1.54) is 11.1 Å². The highest BCUT2D eigenvalue weighted by atomic mass is 16.1. The van der Waals surface area contributed by atoms with Crippen LogP contribution in [0.2, 0.25) is 0 Å². The standard InChI is InChI=1S/C20H19NO/c1-13(22)15-9-6-12-18-19(15)16-10-5-11-17(16)20(21-18)14-7-3-2-4-8-14/h2-10,12,16-17,20-21H,11H2,1H3/t16-,17+,20+/m0/s1. The molecule has 4 rings (SSSR count). The van der Waals surface area contributed by atoms with Crippen LogP contribution in [0.15, 0.2) is 60.7 Å². The molecule has 110 valence electrons. The first-order valence-corrected chi connectivity index (χ1v) is 7.87. The molecule has 2 aromatic carbocycles. The van der Waals surface area contributed by atoms with Gasteiger partial charge in [-0.2, -0.15) is 0 Å². The average molecular weight is 289 g/mol. The normalized spacial score (nSPS) is 25.2. The van der Waals surface area contributed by atoms with Gasteiger partial charge in [-0.3, -0.25) is 4.79 Å². The monoisotopic (exact) mass is 289 g/mol. The zero-order valence-electron chi connectivity index (χ0n) is 12.6. The molecule has 0 unspecified atom stereocenters. The van der Waals surface area contributed by atoms with Crippen molar-refractivity contribution in [1.29, 1.82) is 0 Å². The highest BCUT2D eigenvalue weighted by Crippen LogP contribution is 2.50. The van der Waals surface area contributed by atoms with Crippen LogP contribution in [-0.2, 0) is 0 Å². The summed E-state index contributed by atoms with van der Waals surface area (Å²) < 4.78 is 0. The lowest BCUT2D eigenvalue weighted by atomic mass is 9.75. The van der Waals surface area contributed by atoms with Crippen LogP contribution in [0.4, 0.5) is 5.69 Å². The Balaban J connectivity index is 1.84. The molecule has 3 atom stereocenters. The van der Waals surface area contributed by atoms with Gasteiger partial charge in [0.25, 0.3) is 0 Å². The molecule has 0 bridgehead atoms. The highest BCUT2D eigenvalue weighted by molar-refractivity contribution is 5.97. The van der Waals surface area contributed by atoms with Crippen LogP contribution in [0, 0.1) is 5.92 Å². The molecule has 1 aliphatic carbocycles. The third kappa shape index (κ3) is 1.98. The van der Waals surface area contributed by atoms with Crippen LogP contribution < -0.4 is 5.32 Å². The molecule has 22 heavy (non-hydrogen) atoms. The number of hydrogen-bond donors (Lipinski definition) is 1. The van der Waals surface area contributed by atoms with Crippen LogP contribution in [0.5, 0.6) is 0 Å². The maximum Gasteiger partial charge on any atom is 0.160 e. The number of fused-ring (bicyclic) bond motifs is 3. The minimum Gasteiger partial charge on any atom is -0.378 e. The van der Waals surface area contributed by atoms with Gasteiger partial charge in [0, 0.05) is 17.2 Å². The molecule has 0 amide bonds. The second kappa shape index (κ2) is 5.13. The van der Waals surface area contributed by atoms with E-state index in [1.807, 2.05) is 12.1 Å². The summed E-state index contributed by atoms with van der Waals surface area (Å²) in [5, 5.41) is 3.69. The first-order chi connectivity index (χ1) is 10.8. The Bertz CT molecular complexity index is 748. The van der Waals surface area contributed by atoms with E-state index in [-0.39, 0.29) is 5.78 Å². The molecule has 2 nitrogen and oxygen atoms in total.